The first-order valence-electron chi connectivity index (χ1n) is 6.58. The zero-order valence-electron chi connectivity index (χ0n) is 11.5. The minimum absolute atomic E-state index is 0.0795. The van der Waals surface area contributed by atoms with Crippen LogP contribution in [0.3, 0.4) is 0 Å². The number of Topliss-reactive ketones (excluding diaryl/α,β-unsaturated/α-hetero) is 1. The van der Waals surface area contributed by atoms with Gasteiger partial charge in [-0.3, -0.25) is 4.79 Å². The van der Waals surface area contributed by atoms with Crippen LogP contribution in [0.1, 0.15) is 32.3 Å². The van der Waals surface area contributed by atoms with Gasteiger partial charge in [-0.15, -0.1) is 0 Å². The van der Waals surface area contributed by atoms with E-state index in [-0.39, 0.29) is 23.1 Å². The average Bonchev–Trinajstić information content (AvgIpc) is 2.32. The van der Waals surface area contributed by atoms with E-state index < -0.39 is 5.82 Å². The van der Waals surface area contributed by atoms with Crippen molar-refractivity contribution in [3.63, 3.8) is 0 Å². The molecule has 4 heteroatoms. The largest absolute Gasteiger partial charge is 0.330 e. The second-order valence-electron chi connectivity index (χ2n) is 5.40. The summed E-state index contributed by atoms with van der Waals surface area (Å²) in [5.41, 5.74) is 6.34. The van der Waals surface area contributed by atoms with E-state index >= 15 is 0 Å². The van der Waals surface area contributed by atoms with Crippen LogP contribution in [0, 0.1) is 17.7 Å². The summed E-state index contributed by atoms with van der Waals surface area (Å²) in [4.78, 5) is 11.9. The molecule has 106 valence electrons. The molecule has 19 heavy (non-hydrogen) atoms. The minimum atomic E-state index is -0.482. The lowest BCUT2D eigenvalue weighted by atomic mass is 9.91. The Labute approximate surface area is 119 Å². The van der Waals surface area contributed by atoms with Gasteiger partial charge in [-0.25, -0.2) is 4.39 Å². The molecule has 1 aromatic carbocycles. The van der Waals surface area contributed by atoms with Crippen molar-refractivity contribution in [3.05, 3.63) is 34.6 Å². The Morgan fingerprint density at radius 2 is 2.11 bits per heavy atom. The molecule has 1 aromatic rings. The molecule has 0 aliphatic carbocycles. The zero-order chi connectivity index (χ0) is 14.4. The number of hydrogen-bond donors (Lipinski definition) is 1. The predicted molar refractivity (Wildman–Crippen MR) is 76.7 cm³/mol. The van der Waals surface area contributed by atoms with E-state index in [4.69, 9.17) is 17.3 Å². The number of benzene rings is 1. The standard InChI is InChI=1S/C15H21ClFNO/c1-10(2)5-12(9-18)7-13(19)6-11-3-4-14(16)15(17)8-11/h3-4,8,10,12H,5-7,9,18H2,1-2H3. The normalized spacial score (nSPS) is 12.7. The lowest BCUT2D eigenvalue weighted by molar-refractivity contribution is -0.119. The molecule has 1 atom stereocenters. The lowest BCUT2D eigenvalue weighted by Gasteiger charge is -2.16. The van der Waals surface area contributed by atoms with Crippen molar-refractivity contribution in [2.45, 2.75) is 33.1 Å². The van der Waals surface area contributed by atoms with Gasteiger partial charge >= 0.3 is 0 Å². The Balaban J connectivity index is 2.56. The highest BCUT2D eigenvalue weighted by atomic mass is 35.5. The van der Waals surface area contributed by atoms with Gasteiger partial charge in [-0.05, 0) is 42.5 Å². The van der Waals surface area contributed by atoms with Crippen LogP contribution < -0.4 is 5.73 Å². The third-order valence-electron chi connectivity index (χ3n) is 3.04. The Morgan fingerprint density at radius 1 is 1.42 bits per heavy atom. The fraction of sp³-hybridized carbons (Fsp3) is 0.533. The molecule has 0 aliphatic heterocycles. The van der Waals surface area contributed by atoms with Gasteiger partial charge < -0.3 is 5.73 Å². The molecule has 0 saturated carbocycles. The third-order valence-corrected chi connectivity index (χ3v) is 3.35. The molecule has 0 saturated heterocycles. The van der Waals surface area contributed by atoms with Gasteiger partial charge in [0.25, 0.3) is 0 Å². The second kappa shape index (κ2) is 7.61. The Kier molecular flexibility index (Phi) is 6.46. The van der Waals surface area contributed by atoms with Gasteiger partial charge in [0.05, 0.1) is 5.02 Å². The highest BCUT2D eigenvalue weighted by Crippen LogP contribution is 2.18. The average molecular weight is 286 g/mol. The highest BCUT2D eigenvalue weighted by molar-refractivity contribution is 6.30. The maximum Gasteiger partial charge on any atom is 0.142 e. The fourth-order valence-electron chi connectivity index (χ4n) is 2.20. The van der Waals surface area contributed by atoms with Gasteiger partial charge in [-0.1, -0.05) is 31.5 Å². The van der Waals surface area contributed by atoms with Gasteiger partial charge in [0.2, 0.25) is 0 Å². The number of halogens is 2. The van der Waals surface area contributed by atoms with Crippen LogP contribution >= 0.6 is 11.6 Å². The van der Waals surface area contributed by atoms with E-state index in [2.05, 4.69) is 13.8 Å². The Hall–Kier alpha value is -0.930. The van der Waals surface area contributed by atoms with Crippen LogP contribution in [0.4, 0.5) is 4.39 Å². The summed E-state index contributed by atoms with van der Waals surface area (Å²) >= 11 is 5.60. The van der Waals surface area contributed by atoms with Crippen molar-refractivity contribution >= 4 is 17.4 Å². The Bertz CT molecular complexity index is 434. The first-order valence-corrected chi connectivity index (χ1v) is 6.95. The lowest BCUT2D eigenvalue weighted by Crippen LogP contribution is -2.20. The molecular formula is C15H21ClFNO. The van der Waals surface area contributed by atoms with E-state index in [0.29, 0.717) is 24.4 Å². The van der Waals surface area contributed by atoms with Crippen LogP contribution in [-0.2, 0) is 11.2 Å². The molecule has 1 rings (SSSR count). The first-order chi connectivity index (χ1) is 8.92. The van der Waals surface area contributed by atoms with Crippen molar-refractivity contribution in [2.75, 3.05) is 6.54 Å². The van der Waals surface area contributed by atoms with Crippen molar-refractivity contribution < 1.29 is 9.18 Å². The van der Waals surface area contributed by atoms with Gasteiger partial charge in [-0.2, -0.15) is 0 Å². The minimum Gasteiger partial charge on any atom is -0.330 e. The first kappa shape index (κ1) is 16.1. The van der Waals surface area contributed by atoms with Crippen LogP contribution in [-0.4, -0.2) is 12.3 Å². The molecular weight excluding hydrogens is 265 g/mol. The molecule has 0 heterocycles. The zero-order valence-corrected chi connectivity index (χ0v) is 12.2. The van der Waals surface area contributed by atoms with Crippen LogP contribution in [0.2, 0.25) is 5.02 Å². The summed E-state index contributed by atoms with van der Waals surface area (Å²) in [6, 6.07) is 4.48. The van der Waals surface area contributed by atoms with Gasteiger partial charge in [0.15, 0.2) is 0 Å². The summed E-state index contributed by atoms with van der Waals surface area (Å²) in [7, 11) is 0. The van der Waals surface area contributed by atoms with Crippen LogP contribution in [0.25, 0.3) is 0 Å². The summed E-state index contributed by atoms with van der Waals surface area (Å²) in [5, 5.41) is 0.0795. The predicted octanol–water partition coefficient (Wildman–Crippen LogP) is 3.60. The molecule has 1 unspecified atom stereocenters. The quantitative estimate of drug-likeness (QED) is 0.832. The van der Waals surface area contributed by atoms with Crippen molar-refractivity contribution in [2.24, 2.45) is 17.6 Å². The third kappa shape index (κ3) is 5.70. The molecule has 0 aromatic heterocycles. The molecule has 0 radical (unpaired) electrons. The van der Waals surface area contributed by atoms with E-state index in [0.717, 1.165) is 6.42 Å². The number of hydrogen-bond acceptors (Lipinski definition) is 2. The summed E-state index contributed by atoms with van der Waals surface area (Å²) in [5.74, 6) is 0.348. The van der Waals surface area contributed by atoms with Crippen LogP contribution in [0.15, 0.2) is 18.2 Å². The Morgan fingerprint density at radius 3 is 2.63 bits per heavy atom. The second-order valence-corrected chi connectivity index (χ2v) is 5.81. The molecule has 0 amide bonds. The number of carbonyl (C=O) groups excluding carboxylic acids is 1. The number of carbonyl (C=O) groups is 1. The maximum absolute atomic E-state index is 13.3. The molecule has 0 fully saturated rings. The maximum atomic E-state index is 13.3. The SMILES string of the molecule is CC(C)CC(CN)CC(=O)Cc1ccc(Cl)c(F)c1. The molecule has 0 spiro atoms. The molecule has 2 nitrogen and oxygen atoms in total. The van der Waals surface area contributed by atoms with E-state index in [9.17, 15) is 9.18 Å². The smallest absolute Gasteiger partial charge is 0.142 e. The van der Waals surface area contributed by atoms with E-state index in [1.54, 1.807) is 6.07 Å². The molecule has 0 bridgehead atoms. The number of rotatable bonds is 7. The highest BCUT2D eigenvalue weighted by Gasteiger charge is 2.15. The van der Waals surface area contributed by atoms with Crippen molar-refractivity contribution in [1.82, 2.24) is 0 Å². The molecule has 2 N–H and O–H groups in total. The van der Waals surface area contributed by atoms with Gasteiger partial charge in [0, 0.05) is 12.8 Å². The van der Waals surface area contributed by atoms with Crippen molar-refractivity contribution in [1.29, 1.82) is 0 Å². The monoisotopic (exact) mass is 285 g/mol. The van der Waals surface area contributed by atoms with E-state index in [1.807, 2.05) is 0 Å². The fourth-order valence-corrected chi connectivity index (χ4v) is 2.32. The number of ketones is 1. The van der Waals surface area contributed by atoms with Crippen LogP contribution in [0.5, 0.6) is 0 Å². The summed E-state index contributed by atoms with van der Waals surface area (Å²) in [6.45, 7) is 4.74. The summed E-state index contributed by atoms with van der Waals surface area (Å²) in [6.07, 6.45) is 1.64. The number of nitrogens with two attached hydrogens (primary N) is 1. The van der Waals surface area contributed by atoms with E-state index in [1.165, 1.54) is 12.1 Å². The summed E-state index contributed by atoms with van der Waals surface area (Å²) < 4.78 is 13.3. The molecule has 0 aliphatic rings. The topological polar surface area (TPSA) is 43.1 Å². The van der Waals surface area contributed by atoms with Crippen molar-refractivity contribution in [3.8, 4) is 0 Å². The van der Waals surface area contributed by atoms with Gasteiger partial charge in [0.1, 0.15) is 11.6 Å².